The monoisotopic (exact) mass is 466 g/mol. The summed E-state index contributed by atoms with van der Waals surface area (Å²) in [6.07, 6.45) is 2.69. The highest BCUT2D eigenvalue weighted by Gasteiger charge is 2.29. The van der Waals surface area contributed by atoms with Crippen molar-refractivity contribution < 1.29 is 24.3 Å². The Labute approximate surface area is 193 Å². The molecule has 0 aliphatic carbocycles. The van der Waals surface area contributed by atoms with E-state index in [0.29, 0.717) is 18.6 Å². The summed E-state index contributed by atoms with van der Waals surface area (Å²) in [5.74, 6) is -2.02. The molecule has 0 spiro atoms. The zero-order valence-electron chi connectivity index (χ0n) is 18.8. The van der Waals surface area contributed by atoms with E-state index in [0.717, 1.165) is 5.56 Å². The summed E-state index contributed by atoms with van der Waals surface area (Å²) in [6.45, 7) is 3.54. The normalized spacial score (nSPS) is 13.7. The molecule has 1 rings (SSSR count). The summed E-state index contributed by atoms with van der Waals surface area (Å²) in [5.41, 5.74) is 6.11. The van der Waals surface area contributed by atoms with Crippen LogP contribution in [0.1, 0.15) is 32.3 Å². The van der Waals surface area contributed by atoms with Crippen LogP contribution in [0.4, 0.5) is 0 Å². The SMILES string of the molecule is CSCCC(NC(=O)CN)C(=O)NC(CC(C)C)C(=O)NC(Cc1ccccc1)C(=O)O. The summed E-state index contributed by atoms with van der Waals surface area (Å²) >= 11 is 1.52. The van der Waals surface area contributed by atoms with Crippen molar-refractivity contribution in [3.8, 4) is 0 Å². The van der Waals surface area contributed by atoms with E-state index in [1.807, 2.05) is 26.2 Å². The molecular weight excluding hydrogens is 432 g/mol. The van der Waals surface area contributed by atoms with Gasteiger partial charge in [-0.05, 0) is 36.3 Å². The van der Waals surface area contributed by atoms with Gasteiger partial charge in [-0.2, -0.15) is 11.8 Å². The number of carbonyl (C=O) groups excluding carboxylic acids is 3. The van der Waals surface area contributed by atoms with Crippen LogP contribution in [0.25, 0.3) is 0 Å². The number of thioether (sulfide) groups is 1. The van der Waals surface area contributed by atoms with Gasteiger partial charge in [-0.1, -0.05) is 44.2 Å². The number of hydrogen-bond donors (Lipinski definition) is 5. The number of benzene rings is 1. The molecule has 10 heteroatoms. The van der Waals surface area contributed by atoms with Gasteiger partial charge in [0.1, 0.15) is 18.1 Å². The summed E-state index contributed by atoms with van der Waals surface area (Å²) in [5, 5.41) is 17.4. The van der Waals surface area contributed by atoms with Crippen LogP contribution >= 0.6 is 11.8 Å². The number of hydrogen-bond acceptors (Lipinski definition) is 6. The maximum absolute atomic E-state index is 12.9. The molecule has 0 saturated carbocycles. The zero-order valence-corrected chi connectivity index (χ0v) is 19.6. The molecule has 178 valence electrons. The first-order valence-electron chi connectivity index (χ1n) is 10.5. The Morgan fingerprint density at radius 2 is 1.56 bits per heavy atom. The predicted molar refractivity (Wildman–Crippen MR) is 125 cm³/mol. The predicted octanol–water partition coefficient (Wildman–Crippen LogP) is 0.526. The Kier molecular flexibility index (Phi) is 12.4. The molecule has 1 aromatic carbocycles. The Morgan fingerprint density at radius 3 is 2.09 bits per heavy atom. The van der Waals surface area contributed by atoms with E-state index < -0.39 is 41.8 Å². The van der Waals surface area contributed by atoms with Gasteiger partial charge in [0.25, 0.3) is 0 Å². The van der Waals surface area contributed by atoms with E-state index in [1.165, 1.54) is 11.8 Å². The number of nitrogens with one attached hydrogen (secondary N) is 3. The fraction of sp³-hybridized carbons (Fsp3) is 0.545. The molecule has 3 atom stereocenters. The third kappa shape index (κ3) is 10.1. The van der Waals surface area contributed by atoms with Crippen LogP contribution in [0, 0.1) is 5.92 Å². The Hall–Kier alpha value is -2.59. The van der Waals surface area contributed by atoms with E-state index in [4.69, 9.17) is 5.73 Å². The minimum Gasteiger partial charge on any atom is -0.480 e. The lowest BCUT2D eigenvalue weighted by atomic mass is 10.0. The van der Waals surface area contributed by atoms with E-state index in [9.17, 15) is 24.3 Å². The third-order valence-electron chi connectivity index (χ3n) is 4.69. The summed E-state index contributed by atoms with van der Waals surface area (Å²) in [4.78, 5) is 49.2. The van der Waals surface area contributed by atoms with Crippen molar-refractivity contribution in [1.82, 2.24) is 16.0 Å². The standard InChI is InChI=1S/C22H34N4O5S/c1-14(2)11-17(25-20(28)16(9-10-32-3)24-19(27)13-23)21(29)26-18(22(30)31)12-15-7-5-4-6-8-15/h4-8,14,16-18H,9-13,23H2,1-3H3,(H,24,27)(H,25,28)(H,26,29)(H,30,31). The highest BCUT2D eigenvalue weighted by Crippen LogP contribution is 2.09. The minimum absolute atomic E-state index is 0.0618. The van der Waals surface area contributed by atoms with Gasteiger partial charge in [-0.3, -0.25) is 14.4 Å². The van der Waals surface area contributed by atoms with Crippen LogP contribution in [-0.2, 0) is 25.6 Å². The van der Waals surface area contributed by atoms with Crippen LogP contribution in [0.5, 0.6) is 0 Å². The molecule has 32 heavy (non-hydrogen) atoms. The Balaban J connectivity index is 2.93. The van der Waals surface area contributed by atoms with E-state index >= 15 is 0 Å². The third-order valence-corrected chi connectivity index (χ3v) is 5.33. The summed E-state index contributed by atoms with van der Waals surface area (Å²) in [7, 11) is 0. The van der Waals surface area contributed by atoms with Crippen LogP contribution in [0.2, 0.25) is 0 Å². The van der Waals surface area contributed by atoms with Crippen molar-refractivity contribution in [2.45, 2.75) is 51.2 Å². The lowest BCUT2D eigenvalue weighted by molar-refractivity contribution is -0.142. The molecule has 0 fully saturated rings. The molecule has 0 aliphatic heterocycles. The molecular formula is C22H34N4O5S. The Bertz CT molecular complexity index is 760. The molecule has 0 aromatic heterocycles. The fourth-order valence-electron chi connectivity index (χ4n) is 3.06. The summed E-state index contributed by atoms with van der Waals surface area (Å²) in [6, 6.07) is 6.07. The molecule has 0 bridgehead atoms. The lowest BCUT2D eigenvalue weighted by Gasteiger charge is -2.25. The van der Waals surface area contributed by atoms with Crippen LogP contribution < -0.4 is 21.7 Å². The zero-order chi connectivity index (χ0) is 24.1. The van der Waals surface area contributed by atoms with Crippen molar-refractivity contribution in [3.05, 3.63) is 35.9 Å². The molecule has 3 unspecified atom stereocenters. The second kappa shape index (κ2) is 14.5. The maximum atomic E-state index is 12.9. The molecule has 3 amide bonds. The average Bonchev–Trinajstić information content (AvgIpc) is 2.75. The van der Waals surface area contributed by atoms with Gasteiger partial charge in [-0.15, -0.1) is 0 Å². The maximum Gasteiger partial charge on any atom is 0.326 e. The molecule has 0 aliphatic rings. The van der Waals surface area contributed by atoms with Crippen LogP contribution in [0.3, 0.4) is 0 Å². The number of aliphatic carboxylic acids is 1. The first-order chi connectivity index (χ1) is 15.2. The number of nitrogens with two attached hydrogens (primary N) is 1. The van der Waals surface area contributed by atoms with Crippen molar-refractivity contribution in [2.24, 2.45) is 11.7 Å². The van der Waals surface area contributed by atoms with Crippen molar-refractivity contribution in [2.75, 3.05) is 18.6 Å². The van der Waals surface area contributed by atoms with Crippen molar-refractivity contribution in [1.29, 1.82) is 0 Å². The number of carboxylic acid groups (broad SMARTS) is 1. The van der Waals surface area contributed by atoms with Crippen molar-refractivity contribution >= 4 is 35.5 Å². The number of carboxylic acids is 1. The Morgan fingerprint density at radius 1 is 0.969 bits per heavy atom. The first kappa shape index (κ1) is 27.4. The lowest BCUT2D eigenvalue weighted by Crippen LogP contribution is -2.56. The largest absolute Gasteiger partial charge is 0.480 e. The first-order valence-corrected chi connectivity index (χ1v) is 11.9. The van der Waals surface area contributed by atoms with E-state index in [1.54, 1.807) is 24.3 Å². The van der Waals surface area contributed by atoms with Crippen LogP contribution in [-0.4, -0.2) is 65.5 Å². The minimum atomic E-state index is -1.16. The molecule has 6 N–H and O–H groups in total. The van der Waals surface area contributed by atoms with Gasteiger partial charge in [0.2, 0.25) is 17.7 Å². The topological polar surface area (TPSA) is 151 Å². The number of rotatable bonds is 14. The van der Waals surface area contributed by atoms with Crippen LogP contribution in [0.15, 0.2) is 30.3 Å². The molecule has 1 aromatic rings. The quantitative estimate of drug-likeness (QED) is 0.268. The van der Waals surface area contributed by atoms with Crippen molar-refractivity contribution in [3.63, 3.8) is 0 Å². The molecule has 0 heterocycles. The second-order valence-electron chi connectivity index (χ2n) is 7.89. The van der Waals surface area contributed by atoms with Gasteiger partial charge in [0.15, 0.2) is 0 Å². The average molecular weight is 467 g/mol. The second-order valence-corrected chi connectivity index (χ2v) is 8.87. The smallest absolute Gasteiger partial charge is 0.326 e. The number of amides is 3. The van der Waals surface area contributed by atoms with Gasteiger partial charge >= 0.3 is 5.97 Å². The molecule has 0 radical (unpaired) electrons. The van der Waals surface area contributed by atoms with Gasteiger partial charge in [0, 0.05) is 6.42 Å². The highest BCUT2D eigenvalue weighted by atomic mass is 32.2. The highest BCUT2D eigenvalue weighted by molar-refractivity contribution is 7.98. The van der Waals surface area contributed by atoms with E-state index in [-0.39, 0.29) is 18.9 Å². The molecule has 9 nitrogen and oxygen atoms in total. The van der Waals surface area contributed by atoms with E-state index in [2.05, 4.69) is 16.0 Å². The van der Waals surface area contributed by atoms with Gasteiger partial charge in [0.05, 0.1) is 6.54 Å². The summed E-state index contributed by atoms with van der Waals surface area (Å²) < 4.78 is 0. The van der Waals surface area contributed by atoms with Gasteiger partial charge < -0.3 is 26.8 Å². The fourth-order valence-corrected chi connectivity index (χ4v) is 3.53. The number of carbonyl (C=O) groups is 4. The molecule has 0 saturated heterocycles. The van der Waals surface area contributed by atoms with Gasteiger partial charge in [-0.25, -0.2) is 4.79 Å².